The molecule has 6 nitrogen and oxygen atoms in total. The molecule has 0 aliphatic carbocycles. The lowest BCUT2D eigenvalue weighted by Crippen LogP contribution is -2.36. The Bertz CT molecular complexity index is 771. The van der Waals surface area contributed by atoms with Crippen LogP contribution in [0.2, 0.25) is 0 Å². The van der Waals surface area contributed by atoms with Gasteiger partial charge in [-0.05, 0) is 64.5 Å². The Morgan fingerprint density at radius 2 is 1.85 bits per heavy atom. The number of nitrogens with zero attached hydrogens (tertiary/aromatic N) is 5. The van der Waals surface area contributed by atoms with E-state index in [4.69, 9.17) is 0 Å². The smallest absolute Gasteiger partial charge is 0.233 e. The highest BCUT2D eigenvalue weighted by Crippen LogP contribution is 2.27. The topological polar surface area (TPSA) is 54.3 Å². The molecule has 1 aromatic heterocycles. The van der Waals surface area contributed by atoms with Gasteiger partial charge < -0.3 is 4.90 Å². The fraction of sp³-hybridized carbons (Fsp3) is 0.526. The van der Waals surface area contributed by atoms with E-state index in [-0.39, 0.29) is 17.8 Å². The predicted octanol–water partition coefficient (Wildman–Crippen LogP) is 3.13. The van der Waals surface area contributed by atoms with Crippen LogP contribution in [0.1, 0.15) is 38.1 Å². The fourth-order valence-electron chi connectivity index (χ4n) is 3.07. The maximum absolute atomic E-state index is 13.4. The van der Waals surface area contributed by atoms with Crippen LogP contribution < -0.4 is 0 Å². The quantitative estimate of drug-likeness (QED) is 0.708. The first kappa shape index (κ1) is 19.8. The van der Waals surface area contributed by atoms with Crippen molar-refractivity contribution in [3.05, 3.63) is 35.9 Å². The van der Waals surface area contributed by atoms with Gasteiger partial charge >= 0.3 is 0 Å². The van der Waals surface area contributed by atoms with Gasteiger partial charge in [-0.1, -0.05) is 11.8 Å². The van der Waals surface area contributed by atoms with E-state index in [1.807, 2.05) is 35.4 Å². The molecule has 1 fully saturated rings. The van der Waals surface area contributed by atoms with Crippen molar-refractivity contribution in [3.63, 3.8) is 0 Å². The minimum absolute atomic E-state index is 0.0229. The van der Waals surface area contributed by atoms with Crippen molar-refractivity contribution in [1.82, 2.24) is 24.6 Å². The van der Waals surface area contributed by atoms with Crippen LogP contribution in [0.15, 0.2) is 29.4 Å². The summed E-state index contributed by atoms with van der Waals surface area (Å²) in [5.74, 6) is 0.939. The zero-order valence-corrected chi connectivity index (χ0v) is 16.9. The second-order valence-electron chi connectivity index (χ2n) is 7.02. The largest absolute Gasteiger partial charge is 0.342 e. The van der Waals surface area contributed by atoms with Crippen LogP contribution in [-0.4, -0.2) is 63.4 Å². The highest BCUT2D eigenvalue weighted by molar-refractivity contribution is 7.99. The highest BCUT2D eigenvalue weighted by atomic mass is 32.2. The van der Waals surface area contributed by atoms with Gasteiger partial charge in [0.25, 0.3) is 0 Å². The Hall–Kier alpha value is -1.93. The Labute approximate surface area is 163 Å². The van der Waals surface area contributed by atoms with Gasteiger partial charge in [0.05, 0.1) is 11.8 Å². The van der Waals surface area contributed by atoms with Crippen LogP contribution in [0.3, 0.4) is 0 Å². The van der Waals surface area contributed by atoms with E-state index in [0.29, 0.717) is 10.9 Å². The van der Waals surface area contributed by atoms with Gasteiger partial charge in [0, 0.05) is 18.8 Å². The van der Waals surface area contributed by atoms with E-state index in [2.05, 4.69) is 10.2 Å². The van der Waals surface area contributed by atoms with E-state index in [9.17, 15) is 9.18 Å². The van der Waals surface area contributed by atoms with E-state index in [1.54, 1.807) is 12.1 Å². The SMILES string of the molecule is C[C@H](c1nnc(SCC(=O)N2CCCCC2)n1-c1ccc(F)cc1)N(C)C. The molecule has 0 N–H and O–H groups in total. The van der Waals surface area contributed by atoms with Crippen molar-refractivity contribution in [3.8, 4) is 5.69 Å². The Kier molecular flexibility index (Phi) is 6.49. The van der Waals surface area contributed by atoms with Crippen molar-refractivity contribution in [1.29, 1.82) is 0 Å². The van der Waals surface area contributed by atoms with Crippen molar-refractivity contribution in [2.45, 2.75) is 37.4 Å². The van der Waals surface area contributed by atoms with Gasteiger partial charge in [-0.2, -0.15) is 0 Å². The summed E-state index contributed by atoms with van der Waals surface area (Å²) < 4.78 is 15.3. The summed E-state index contributed by atoms with van der Waals surface area (Å²) in [5, 5.41) is 9.33. The van der Waals surface area contributed by atoms with Gasteiger partial charge in [0.15, 0.2) is 11.0 Å². The number of halogens is 1. The lowest BCUT2D eigenvalue weighted by Gasteiger charge is -2.26. The van der Waals surface area contributed by atoms with Crippen LogP contribution in [0.5, 0.6) is 0 Å². The summed E-state index contributed by atoms with van der Waals surface area (Å²) in [6.45, 7) is 3.72. The second kappa shape index (κ2) is 8.84. The number of amides is 1. The third kappa shape index (κ3) is 4.68. The van der Waals surface area contributed by atoms with Crippen molar-refractivity contribution in [2.75, 3.05) is 32.9 Å². The second-order valence-corrected chi connectivity index (χ2v) is 7.96. The maximum atomic E-state index is 13.4. The number of carbonyl (C=O) groups is 1. The number of rotatable bonds is 6. The van der Waals surface area contributed by atoms with Gasteiger partial charge in [0.1, 0.15) is 5.82 Å². The van der Waals surface area contributed by atoms with Crippen LogP contribution >= 0.6 is 11.8 Å². The van der Waals surface area contributed by atoms with Crippen LogP contribution in [-0.2, 0) is 4.79 Å². The zero-order chi connectivity index (χ0) is 19.4. The van der Waals surface area contributed by atoms with Crippen molar-refractivity contribution >= 4 is 17.7 Å². The molecule has 27 heavy (non-hydrogen) atoms. The molecule has 0 bridgehead atoms. The number of carbonyl (C=O) groups excluding carboxylic acids is 1. The van der Waals surface area contributed by atoms with Crippen LogP contribution in [0.25, 0.3) is 5.69 Å². The first-order chi connectivity index (χ1) is 13.0. The number of hydrogen-bond donors (Lipinski definition) is 0. The molecule has 8 heteroatoms. The monoisotopic (exact) mass is 391 g/mol. The standard InChI is InChI=1S/C19H26FN5OS/c1-14(23(2)3)18-21-22-19(25(18)16-9-7-15(20)8-10-16)27-13-17(26)24-11-5-4-6-12-24/h7-10,14H,4-6,11-13H2,1-3H3/t14-/m1/s1. The average Bonchev–Trinajstić information content (AvgIpc) is 3.10. The molecule has 2 aromatic rings. The molecule has 3 rings (SSSR count). The lowest BCUT2D eigenvalue weighted by molar-refractivity contribution is -0.129. The molecular weight excluding hydrogens is 365 g/mol. The van der Waals surface area contributed by atoms with Crippen molar-refractivity contribution in [2.24, 2.45) is 0 Å². The average molecular weight is 392 g/mol. The Morgan fingerprint density at radius 3 is 2.48 bits per heavy atom. The normalized spacial score (nSPS) is 16.0. The number of benzene rings is 1. The van der Waals surface area contributed by atoms with Gasteiger partial charge in [-0.3, -0.25) is 14.3 Å². The van der Waals surface area contributed by atoms with Crippen molar-refractivity contribution < 1.29 is 9.18 Å². The molecule has 0 saturated carbocycles. The molecular formula is C19H26FN5OS. The molecule has 0 unspecified atom stereocenters. The number of hydrogen-bond acceptors (Lipinski definition) is 5. The minimum Gasteiger partial charge on any atom is -0.342 e. The summed E-state index contributed by atoms with van der Waals surface area (Å²) in [6, 6.07) is 6.29. The van der Waals surface area contributed by atoms with Gasteiger partial charge in [0.2, 0.25) is 5.91 Å². The molecule has 1 saturated heterocycles. The summed E-state index contributed by atoms with van der Waals surface area (Å²) in [5.41, 5.74) is 0.790. The zero-order valence-electron chi connectivity index (χ0n) is 16.1. The first-order valence-electron chi connectivity index (χ1n) is 9.25. The summed E-state index contributed by atoms with van der Waals surface area (Å²) in [6.07, 6.45) is 3.35. The molecule has 0 radical (unpaired) electrons. The third-order valence-corrected chi connectivity index (χ3v) is 5.84. The Balaban J connectivity index is 1.83. The minimum atomic E-state index is -0.288. The Morgan fingerprint density at radius 1 is 1.19 bits per heavy atom. The number of thioether (sulfide) groups is 1. The molecule has 1 aliphatic heterocycles. The summed E-state index contributed by atoms with van der Waals surface area (Å²) in [4.78, 5) is 16.5. The van der Waals surface area contributed by atoms with Crippen LogP contribution in [0, 0.1) is 5.82 Å². The van der Waals surface area contributed by atoms with E-state index < -0.39 is 0 Å². The van der Waals surface area contributed by atoms with E-state index in [1.165, 1.54) is 30.3 Å². The number of likely N-dealkylation sites (tertiary alicyclic amines) is 1. The molecule has 1 amide bonds. The van der Waals surface area contributed by atoms with Gasteiger partial charge in [-0.25, -0.2) is 4.39 Å². The molecule has 1 aliphatic rings. The molecule has 146 valence electrons. The van der Waals surface area contributed by atoms with Gasteiger partial charge in [-0.15, -0.1) is 10.2 Å². The van der Waals surface area contributed by atoms with E-state index >= 15 is 0 Å². The first-order valence-corrected chi connectivity index (χ1v) is 10.2. The summed E-state index contributed by atoms with van der Waals surface area (Å²) in [7, 11) is 3.95. The third-order valence-electron chi connectivity index (χ3n) is 4.92. The maximum Gasteiger partial charge on any atom is 0.233 e. The molecule has 2 heterocycles. The lowest BCUT2D eigenvalue weighted by atomic mass is 10.1. The molecule has 1 atom stereocenters. The highest BCUT2D eigenvalue weighted by Gasteiger charge is 2.23. The number of aromatic nitrogens is 3. The molecule has 0 spiro atoms. The fourth-order valence-corrected chi connectivity index (χ4v) is 3.93. The summed E-state index contributed by atoms with van der Waals surface area (Å²) >= 11 is 1.38. The van der Waals surface area contributed by atoms with E-state index in [0.717, 1.165) is 37.4 Å². The van der Waals surface area contributed by atoms with Crippen LogP contribution in [0.4, 0.5) is 4.39 Å². The number of piperidine rings is 1. The predicted molar refractivity (Wildman–Crippen MR) is 105 cm³/mol. The molecule has 1 aromatic carbocycles.